The molecule has 154 valence electrons. The molecule has 4 rings (SSSR count). The largest absolute Gasteiger partial charge is 0.505 e. The lowest BCUT2D eigenvalue weighted by atomic mass is 10.00. The van der Waals surface area contributed by atoms with Crippen molar-refractivity contribution >= 4 is 27.6 Å². The van der Waals surface area contributed by atoms with Crippen LogP contribution in [0.4, 0.5) is 4.39 Å². The number of benzene rings is 2. The molecule has 0 aliphatic carbocycles. The van der Waals surface area contributed by atoms with Gasteiger partial charge in [-0.1, -0.05) is 18.2 Å². The maximum absolute atomic E-state index is 13.3. The first-order valence-corrected chi connectivity index (χ1v) is 9.81. The number of phenols is 1. The van der Waals surface area contributed by atoms with Gasteiger partial charge in [0.1, 0.15) is 11.3 Å². The molecule has 30 heavy (non-hydrogen) atoms. The SMILES string of the molecule is CCN(CC)C(=O)c1c2cccnc2c(O)c2c(O)n(Cc3ccc(F)cc3)cc12. The Bertz CT molecular complexity index is 1240. The summed E-state index contributed by atoms with van der Waals surface area (Å²) in [6.07, 6.45) is 3.18. The summed E-state index contributed by atoms with van der Waals surface area (Å²) in [4.78, 5) is 19.3. The summed E-state index contributed by atoms with van der Waals surface area (Å²) in [5.41, 5.74) is 1.42. The molecule has 0 saturated heterocycles. The standard InChI is InChI=1S/C23H22FN3O3/c1-3-26(4-2)22(29)18-16-6-5-11-25-20(16)21(28)19-17(18)13-27(23(19)30)12-14-7-9-15(24)10-8-14/h5-11,13,28,30H,3-4,12H2,1-2H3. The van der Waals surface area contributed by atoms with E-state index in [0.29, 0.717) is 29.4 Å². The van der Waals surface area contributed by atoms with E-state index in [0.717, 1.165) is 5.56 Å². The maximum Gasteiger partial charge on any atom is 0.255 e. The molecule has 2 aromatic carbocycles. The highest BCUT2D eigenvalue weighted by Crippen LogP contribution is 2.42. The van der Waals surface area contributed by atoms with Crippen LogP contribution in [0.1, 0.15) is 29.8 Å². The first kappa shape index (κ1) is 19.7. The van der Waals surface area contributed by atoms with E-state index in [2.05, 4.69) is 4.98 Å². The molecule has 0 atom stereocenters. The summed E-state index contributed by atoms with van der Waals surface area (Å²) >= 11 is 0. The second-order valence-electron chi connectivity index (χ2n) is 7.10. The van der Waals surface area contributed by atoms with Gasteiger partial charge in [0.25, 0.3) is 5.91 Å². The normalized spacial score (nSPS) is 11.3. The van der Waals surface area contributed by atoms with Gasteiger partial charge in [-0.3, -0.25) is 9.78 Å². The Balaban J connectivity index is 1.99. The number of fused-ring (bicyclic) bond motifs is 2. The Morgan fingerprint density at radius 3 is 2.47 bits per heavy atom. The van der Waals surface area contributed by atoms with Gasteiger partial charge in [-0.15, -0.1) is 0 Å². The lowest BCUT2D eigenvalue weighted by molar-refractivity contribution is 0.0777. The van der Waals surface area contributed by atoms with E-state index in [4.69, 9.17) is 0 Å². The number of pyridine rings is 1. The third kappa shape index (κ3) is 3.12. The Morgan fingerprint density at radius 2 is 1.80 bits per heavy atom. The predicted octanol–water partition coefficient (Wildman–Crippen LogP) is 4.27. The number of hydrogen-bond donors (Lipinski definition) is 2. The van der Waals surface area contributed by atoms with Crippen molar-refractivity contribution in [2.45, 2.75) is 20.4 Å². The molecular formula is C23H22FN3O3. The summed E-state index contributed by atoms with van der Waals surface area (Å²) in [5, 5.41) is 22.9. The fourth-order valence-corrected chi connectivity index (χ4v) is 3.83. The molecule has 4 aromatic rings. The molecule has 0 spiro atoms. The number of aromatic nitrogens is 2. The molecule has 2 aromatic heterocycles. The smallest absolute Gasteiger partial charge is 0.255 e. The van der Waals surface area contributed by atoms with Crippen LogP contribution >= 0.6 is 0 Å². The maximum atomic E-state index is 13.3. The van der Waals surface area contributed by atoms with Crippen molar-refractivity contribution < 1.29 is 19.4 Å². The molecule has 6 nitrogen and oxygen atoms in total. The average molecular weight is 407 g/mol. The first-order valence-electron chi connectivity index (χ1n) is 9.81. The van der Waals surface area contributed by atoms with Crippen LogP contribution < -0.4 is 0 Å². The highest BCUT2D eigenvalue weighted by molar-refractivity contribution is 6.21. The molecule has 2 heterocycles. The Morgan fingerprint density at radius 1 is 1.10 bits per heavy atom. The van der Waals surface area contributed by atoms with Crippen molar-refractivity contribution in [3.63, 3.8) is 0 Å². The van der Waals surface area contributed by atoms with E-state index in [1.807, 2.05) is 13.8 Å². The van der Waals surface area contributed by atoms with Gasteiger partial charge in [-0.2, -0.15) is 0 Å². The van der Waals surface area contributed by atoms with E-state index in [-0.39, 0.29) is 40.8 Å². The molecule has 0 fully saturated rings. The number of carbonyl (C=O) groups is 1. The number of aromatic hydroxyl groups is 2. The number of nitrogens with zero attached hydrogens (tertiary/aromatic N) is 3. The number of amides is 1. The number of rotatable bonds is 5. The summed E-state index contributed by atoms with van der Waals surface area (Å²) in [6.45, 7) is 5.11. The molecule has 2 N–H and O–H groups in total. The minimum atomic E-state index is -0.345. The monoisotopic (exact) mass is 407 g/mol. The van der Waals surface area contributed by atoms with E-state index in [9.17, 15) is 19.4 Å². The van der Waals surface area contributed by atoms with Crippen LogP contribution in [0.5, 0.6) is 11.6 Å². The van der Waals surface area contributed by atoms with Crippen LogP contribution in [-0.4, -0.2) is 43.7 Å². The van der Waals surface area contributed by atoms with Crippen molar-refractivity contribution in [2.75, 3.05) is 13.1 Å². The van der Waals surface area contributed by atoms with Gasteiger partial charge in [0.05, 0.1) is 17.5 Å². The first-order chi connectivity index (χ1) is 14.5. The average Bonchev–Trinajstić information content (AvgIpc) is 3.07. The predicted molar refractivity (Wildman–Crippen MR) is 113 cm³/mol. The number of carbonyl (C=O) groups excluding carboxylic acids is 1. The summed E-state index contributed by atoms with van der Waals surface area (Å²) in [5.74, 6) is -0.885. The zero-order valence-corrected chi connectivity index (χ0v) is 16.8. The van der Waals surface area contributed by atoms with Gasteiger partial charge < -0.3 is 19.7 Å². The van der Waals surface area contributed by atoms with Gasteiger partial charge in [0.2, 0.25) is 5.88 Å². The van der Waals surface area contributed by atoms with Gasteiger partial charge in [-0.05, 0) is 37.6 Å². The van der Waals surface area contributed by atoms with Crippen LogP contribution in [-0.2, 0) is 6.54 Å². The molecule has 0 saturated carbocycles. The quantitative estimate of drug-likeness (QED) is 0.518. The minimum absolute atomic E-state index is 0.173. The zero-order valence-electron chi connectivity index (χ0n) is 16.8. The number of phenolic OH excluding ortho intramolecular Hbond substituents is 1. The van der Waals surface area contributed by atoms with Crippen LogP contribution in [0.15, 0.2) is 48.8 Å². The summed E-state index contributed by atoms with van der Waals surface area (Å²) in [6, 6.07) is 9.40. The van der Waals surface area contributed by atoms with E-state index < -0.39 is 0 Å². The molecule has 7 heteroatoms. The Labute approximate surface area is 172 Å². The zero-order chi connectivity index (χ0) is 21.4. The molecule has 0 aliphatic heterocycles. The van der Waals surface area contributed by atoms with Gasteiger partial charge >= 0.3 is 0 Å². The third-order valence-corrected chi connectivity index (χ3v) is 5.39. The minimum Gasteiger partial charge on any atom is -0.505 e. The van der Waals surface area contributed by atoms with Crippen molar-refractivity contribution in [3.05, 3.63) is 65.7 Å². The van der Waals surface area contributed by atoms with Crippen LogP contribution in [0.3, 0.4) is 0 Å². The van der Waals surface area contributed by atoms with E-state index >= 15 is 0 Å². The molecule has 1 amide bonds. The number of hydrogen-bond acceptors (Lipinski definition) is 4. The van der Waals surface area contributed by atoms with E-state index in [1.165, 1.54) is 22.9 Å². The van der Waals surface area contributed by atoms with Crippen LogP contribution in [0.25, 0.3) is 21.7 Å². The van der Waals surface area contributed by atoms with Crippen molar-refractivity contribution in [2.24, 2.45) is 0 Å². The third-order valence-electron chi connectivity index (χ3n) is 5.39. The van der Waals surface area contributed by atoms with Gasteiger partial charge in [-0.25, -0.2) is 4.39 Å². The highest BCUT2D eigenvalue weighted by atomic mass is 19.1. The topological polar surface area (TPSA) is 78.6 Å². The molecule has 0 unspecified atom stereocenters. The van der Waals surface area contributed by atoms with E-state index in [1.54, 1.807) is 35.4 Å². The van der Waals surface area contributed by atoms with Crippen molar-refractivity contribution in [1.29, 1.82) is 0 Å². The fourth-order valence-electron chi connectivity index (χ4n) is 3.83. The lowest BCUT2D eigenvalue weighted by Gasteiger charge is -2.20. The van der Waals surface area contributed by atoms with Gasteiger partial charge in [0, 0.05) is 36.3 Å². The summed E-state index contributed by atoms with van der Waals surface area (Å²) in [7, 11) is 0. The molecule has 0 radical (unpaired) electrons. The second kappa shape index (κ2) is 7.67. The lowest BCUT2D eigenvalue weighted by Crippen LogP contribution is -2.30. The Hall–Kier alpha value is -3.61. The highest BCUT2D eigenvalue weighted by Gasteiger charge is 2.26. The second-order valence-corrected chi connectivity index (χ2v) is 7.10. The molecule has 0 aliphatic rings. The van der Waals surface area contributed by atoms with Gasteiger partial charge in [0.15, 0.2) is 5.75 Å². The fraction of sp³-hybridized carbons (Fsp3) is 0.217. The van der Waals surface area contributed by atoms with Crippen molar-refractivity contribution in [1.82, 2.24) is 14.5 Å². The van der Waals surface area contributed by atoms with Crippen LogP contribution in [0.2, 0.25) is 0 Å². The molecule has 0 bridgehead atoms. The summed E-state index contributed by atoms with van der Waals surface area (Å²) < 4.78 is 14.8. The van der Waals surface area contributed by atoms with Crippen LogP contribution in [0, 0.1) is 5.82 Å². The Kier molecular flexibility index (Phi) is 5.03. The number of halogens is 1. The molecular weight excluding hydrogens is 385 g/mol. The van der Waals surface area contributed by atoms with Crippen molar-refractivity contribution in [3.8, 4) is 11.6 Å².